The van der Waals surface area contributed by atoms with Gasteiger partial charge >= 0.3 is 0 Å². The third-order valence-electron chi connectivity index (χ3n) is 4.98. The third kappa shape index (κ3) is 4.45. The molecule has 0 unspecified atom stereocenters. The van der Waals surface area contributed by atoms with Gasteiger partial charge in [0, 0.05) is 39.3 Å². The van der Waals surface area contributed by atoms with Crippen LogP contribution in [0.15, 0.2) is 34.9 Å². The summed E-state index contributed by atoms with van der Waals surface area (Å²) >= 11 is 0. The second-order valence-corrected chi connectivity index (χ2v) is 6.89. The minimum atomic E-state index is -0.107. The van der Waals surface area contributed by atoms with Crippen LogP contribution in [0, 0.1) is 5.92 Å². The molecule has 0 amide bonds. The molecule has 4 rings (SSSR count). The molecule has 0 aliphatic carbocycles. The highest BCUT2D eigenvalue weighted by atomic mass is 16.5. The molecule has 1 aromatic heterocycles. The second kappa shape index (κ2) is 8.08. The van der Waals surface area contributed by atoms with Crippen molar-refractivity contribution in [1.29, 1.82) is 0 Å². The molecular formula is C19H25N3O3. The van der Waals surface area contributed by atoms with E-state index in [0.29, 0.717) is 18.3 Å². The van der Waals surface area contributed by atoms with E-state index in [1.54, 1.807) is 0 Å². The number of ether oxygens (including phenoxy) is 2. The molecule has 0 spiro atoms. The van der Waals surface area contributed by atoms with Gasteiger partial charge in [-0.1, -0.05) is 35.5 Å². The fraction of sp³-hybridized carbons (Fsp3) is 0.579. The summed E-state index contributed by atoms with van der Waals surface area (Å²) in [5.41, 5.74) is 1.32. The Morgan fingerprint density at radius 2 is 1.92 bits per heavy atom. The summed E-state index contributed by atoms with van der Waals surface area (Å²) in [7, 11) is 0. The van der Waals surface area contributed by atoms with Gasteiger partial charge in [-0.2, -0.15) is 4.98 Å². The molecule has 0 N–H and O–H groups in total. The van der Waals surface area contributed by atoms with E-state index in [1.165, 1.54) is 5.56 Å². The van der Waals surface area contributed by atoms with Gasteiger partial charge in [-0.25, -0.2) is 0 Å². The van der Waals surface area contributed by atoms with Gasteiger partial charge in [0.1, 0.15) is 6.10 Å². The molecule has 1 aromatic carbocycles. The molecule has 25 heavy (non-hydrogen) atoms. The molecule has 6 heteroatoms. The average molecular weight is 343 g/mol. The number of hydrogen-bond acceptors (Lipinski definition) is 6. The normalized spacial score (nSPS) is 23.0. The van der Waals surface area contributed by atoms with E-state index < -0.39 is 0 Å². The maximum Gasteiger partial charge on any atom is 0.227 e. The van der Waals surface area contributed by atoms with Crippen molar-refractivity contribution in [2.75, 3.05) is 32.9 Å². The monoisotopic (exact) mass is 343 g/mol. The summed E-state index contributed by atoms with van der Waals surface area (Å²) in [5.74, 6) is 1.99. The molecule has 0 saturated carbocycles. The topological polar surface area (TPSA) is 60.6 Å². The molecule has 2 aliphatic heterocycles. The zero-order chi connectivity index (χ0) is 16.9. The molecule has 0 bridgehead atoms. The Labute approximate surface area is 148 Å². The number of hydrogen-bond donors (Lipinski definition) is 0. The third-order valence-corrected chi connectivity index (χ3v) is 4.98. The van der Waals surface area contributed by atoms with Gasteiger partial charge in [0.2, 0.25) is 11.7 Å². The maximum atomic E-state index is 5.89. The van der Waals surface area contributed by atoms with Crippen LogP contribution >= 0.6 is 0 Å². The zero-order valence-electron chi connectivity index (χ0n) is 14.5. The van der Waals surface area contributed by atoms with Gasteiger partial charge in [0.15, 0.2) is 0 Å². The predicted octanol–water partition coefficient (Wildman–Crippen LogP) is 2.61. The van der Waals surface area contributed by atoms with Crippen molar-refractivity contribution in [2.45, 2.75) is 31.9 Å². The Balaban J connectivity index is 1.34. The summed E-state index contributed by atoms with van der Waals surface area (Å²) in [5, 5.41) is 4.18. The highest BCUT2D eigenvalue weighted by Gasteiger charge is 2.27. The standard InChI is InChI=1S/C19H25N3O3/c1-2-4-16(5-3-1)13-22-8-11-24-17(14-22)19-20-18(25-21-19)12-15-6-9-23-10-7-15/h1-5,15,17H,6-14H2/t17-/m1/s1. The number of benzene rings is 1. The van der Waals surface area contributed by atoms with E-state index >= 15 is 0 Å². The van der Waals surface area contributed by atoms with Crippen molar-refractivity contribution in [3.63, 3.8) is 0 Å². The van der Waals surface area contributed by atoms with Gasteiger partial charge in [-0.15, -0.1) is 0 Å². The molecule has 2 aromatic rings. The quantitative estimate of drug-likeness (QED) is 0.832. The van der Waals surface area contributed by atoms with E-state index in [0.717, 1.165) is 58.0 Å². The second-order valence-electron chi connectivity index (χ2n) is 6.89. The van der Waals surface area contributed by atoms with Gasteiger partial charge < -0.3 is 14.0 Å². The van der Waals surface area contributed by atoms with Crippen LogP contribution in [0.2, 0.25) is 0 Å². The first-order valence-corrected chi connectivity index (χ1v) is 9.15. The first-order valence-electron chi connectivity index (χ1n) is 9.15. The van der Waals surface area contributed by atoms with Gasteiger partial charge in [0.25, 0.3) is 0 Å². The van der Waals surface area contributed by atoms with Crippen LogP contribution in [0.4, 0.5) is 0 Å². The summed E-state index contributed by atoms with van der Waals surface area (Å²) in [6, 6.07) is 10.5. The Hall–Kier alpha value is -1.76. The van der Waals surface area contributed by atoms with Gasteiger partial charge in [-0.3, -0.25) is 4.90 Å². The molecule has 134 valence electrons. The summed E-state index contributed by atoms with van der Waals surface area (Å²) in [6.45, 7) is 5.02. The summed E-state index contributed by atoms with van der Waals surface area (Å²) in [4.78, 5) is 6.99. The first-order chi connectivity index (χ1) is 12.4. The van der Waals surface area contributed by atoms with Crippen LogP contribution in [0.5, 0.6) is 0 Å². The Kier molecular flexibility index (Phi) is 5.40. The summed E-state index contributed by atoms with van der Waals surface area (Å²) < 4.78 is 16.8. The zero-order valence-corrected chi connectivity index (χ0v) is 14.5. The highest BCUT2D eigenvalue weighted by molar-refractivity contribution is 5.14. The average Bonchev–Trinajstić information content (AvgIpc) is 3.12. The van der Waals surface area contributed by atoms with Crippen LogP contribution in [0.1, 0.15) is 36.2 Å². The molecule has 0 radical (unpaired) electrons. The molecule has 3 heterocycles. The van der Waals surface area contributed by atoms with Crippen molar-refractivity contribution in [3.8, 4) is 0 Å². The lowest BCUT2D eigenvalue weighted by molar-refractivity contribution is -0.0380. The predicted molar refractivity (Wildman–Crippen MR) is 92.0 cm³/mol. The minimum Gasteiger partial charge on any atom is -0.381 e. The number of nitrogens with zero attached hydrogens (tertiary/aromatic N) is 3. The fourth-order valence-corrected chi connectivity index (χ4v) is 3.52. The van der Waals surface area contributed by atoms with Crippen LogP contribution in [0.25, 0.3) is 0 Å². The Morgan fingerprint density at radius 3 is 2.76 bits per heavy atom. The van der Waals surface area contributed by atoms with E-state index in [-0.39, 0.29) is 6.10 Å². The van der Waals surface area contributed by atoms with Crippen molar-refractivity contribution < 1.29 is 14.0 Å². The van der Waals surface area contributed by atoms with Crippen molar-refractivity contribution in [1.82, 2.24) is 15.0 Å². The molecular weight excluding hydrogens is 318 g/mol. The Morgan fingerprint density at radius 1 is 1.08 bits per heavy atom. The first kappa shape index (κ1) is 16.7. The Bertz CT molecular complexity index is 655. The SMILES string of the molecule is c1ccc(CN2CCO[C@@H](c3noc(CC4CCOCC4)n3)C2)cc1. The lowest BCUT2D eigenvalue weighted by atomic mass is 9.97. The van der Waals surface area contributed by atoms with Crippen LogP contribution in [-0.2, 0) is 22.4 Å². The number of morpholine rings is 1. The lowest BCUT2D eigenvalue weighted by Gasteiger charge is -2.31. The van der Waals surface area contributed by atoms with E-state index in [9.17, 15) is 0 Å². The van der Waals surface area contributed by atoms with Crippen molar-refractivity contribution in [3.05, 3.63) is 47.6 Å². The van der Waals surface area contributed by atoms with Crippen molar-refractivity contribution >= 4 is 0 Å². The van der Waals surface area contributed by atoms with E-state index in [1.807, 2.05) is 6.07 Å². The molecule has 2 aliphatic rings. The highest BCUT2D eigenvalue weighted by Crippen LogP contribution is 2.23. The van der Waals surface area contributed by atoms with Crippen LogP contribution in [0.3, 0.4) is 0 Å². The van der Waals surface area contributed by atoms with Gasteiger partial charge in [0.05, 0.1) is 6.61 Å². The molecule has 2 fully saturated rings. The van der Waals surface area contributed by atoms with E-state index in [4.69, 9.17) is 14.0 Å². The smallest absolute Gasteiger partial charge is 0.227 e. The number of aromatic nitrogens is 2. The number of rotatable bonds is 5. The van der Waals surface area contributed by atoms with Crippen molar-refractivity contribution in [2.24, 2.45) is 5.92 Å². The largest absolute Gasteiger partial charge is 0.381 e. The minimum absolute atomic E-state index is 0.107. The maximum absolute atomic E-state index is 5.89. The van der Waals surface area contributed by atoms with Crippen LogP contribution < -0.4 is 0 Å². The van der Waals surface area contributed by atoms with Crippen LogP contribution in [-0.4, -0.2) is 48.0 Å². The molecule has 6 nitrogen and oxygen atoms in total. The molecule has 1 atom stereocenters. The fourth-order valence-electron chi connectivity index (χ4n) is 3.52. The molecule has 2 saturated heterocycles. The van der Waals surface area contributed by atoms with E-state index in [2.05, 4.69) is 39.3 Å². The van der Waals surface area contributed by atoms with Gasteiger partial charge in [-0.05, 0) is 24.3 Å². The lowest BCUT2D eigenvalue weighted by Crippen LogP contribution is -2.38. The summed E-state index contributed by atoms with van der Waals surface area (Å²) in [6.07, 6.45) is 2.88.